The summed E-state index contributed by atoms with van der Waals surface area (Å²) in [7, 11) is 0. The van der Waals surface area contributed by atoms with Crippen molar-refractivity contribution in [3.63, 3.8) is 0 Å². The van der Waals surface area contributed by atoms with E-state index in [-0.39, 0.29) is 0 Å². The number of carbonyl (C=O) groups is 2. The van der Waals surface area contributed by atoms with Gasteiger partial charge < -0.3 is 5.32 Å². The van der Waals surface area contributed by atoms with Crippen molar-refractivity contribution in [2.75, 3.05) is 5.32 Å². The Bertz CT molecular complexity index is 581. The summed E-state index contributed by atoms with van der Waals surface area (Å²) in [6, 6.07) is 7.52. The van der Waals surface area contributed by atoms with Crippen LogP contribution in [0.3, 0.4) is 0 Å². The number of rotatable bonds is 3. The van der Waals surface area contributed by atoms with Crippen molar-refractivity contribution in [3.8, 4) is 0 Å². The third-order valence-corrected chi connectivity index (χ3v) is 4.29. The Hall–Kier alpha value is -2.17. The summed E-state index contributed by atoms with van der Waals surface area (Å²) in [6.45, 7) is 4.21. The molecule has 1 aromatic rings. The van der Waals surface area contributed by atoms with Crippen LogP contribution in [0.15, 0.2) is 29.4 Å². The Morgan fingerprint density at radius 1 is 0.917 bits per heavy atom. The molecule has 2 amide bonds. The van der Waals surface area contributed by atoms with Crippen LogP contribution in [0.4, 0.5) is 5.69 Å². The van der Waals surface area contributed by atoms with Gasteiger partial charge in [-0.1, -0.05) is 45.2 Å². The van der Waals surface area contributed by atoms with Gasteiger partial charge in [0.15, 0.2) is 0 Å². The lowest BCUT2D eigenvalue weighted by Gasteiger charge is -2.11. The number of hydrogen-bond donors (Lipinski definition) is 2. The smallest absolute Gasteiger partial charge is 0.318 e. The molecule has 0 aromatic heterocycles. The summed E-state index contributed by atoms with van der Waals surface area (Å²) < 4.78 is 0. The van der Waals surface area contributed by atoms with Gasteiger partial charge >= 0.3 is 11.8 Å². The van der Waals surface area contributed by atoms with Crippen LogP contribution in [0.25, 0.3) is 0 Å². The van der Waals surface area contributed by atoms with Gasteiger partial charge in [0.25, 0.3) is 0 Å². The summed E-state index contributed by atoms with van der Waals surface area (Å²) in [5.74, 6) is -0.988. The van der Waals surface area contributed by atoms with Gasteiger partial charge in [-0.05, 0) is 49.3 Å². The maximum absolute atomic E-state index is 11.9. The van der Waals surface area contributed by atoms with E-state index < -0.39 is 11.8 Å². The van der Waals surface area contributed by atoms with E-state index in [0.717, 1.165) is 31.4 Å². The molecule has 0 unspecified atom stereocenters. The van der Waals surface area contributed by atoms with Gasteiger partial charge in [-0.25, -0.2) is 5.43 Å². The fourth-order valence-electron chi connectivity index (χ4n) is 2.75. The zero-order valence-electron chi connectivity index (χ0n) is 14.6. The van der Waals surface area contributed by atoms with Crippen molar-refractivity contribution in [1.82, 2.24) is 5.43 Å². The second kappa shape index (κ2) is 9.21. The van der Waals surface area contributed by atoms with E-state index in [4.69, 9.17) is 0 Å². The minimum absolute atomic E-state index is 0.428. The second-order valence-corrected chi connectivity index (χ2v) is 6.62. The number of carbonyl (C=O) groups excluding carboxylic acids is 2. The highest BCUT2D eigenvalue weighted by Gasteiger charge is 2.14. The molecule has 130 valence electrons. The molecular formula is C19H27N3O2. The molecule has 0 spiro atoms. The number of amides is 2. The minimum atomic E-state index is -0.725. The molecule has 2 rings (SSSR count). The zero-order valence-corrected chi connectivity index (χ0v) is 14.6. The Morgan fingerprint density at radius 2 is 1.50 bits per heavy atom. The molecule has 5 heteroatoms. The lowest BCUT2D eigenvalue weighted by Crippen LogP contribution is -2.33. The molecule has 24 heavy (non-hydrogen) atoms. The van der Waals surface area contributed by atoms with Gasteiger partial charge in [0.05, 0.1) is 0 Å². The van der Waals surface area contributed by atoms with E-state index in [0.29, 0.717) is 11.6 Å². The van der Waals surface area contributed by atoms with Crippen LogP contribution in [-0.2, 0) is 9.59 Å². The molecule has 1 aliphatic rings. The van der Waals surface area contributed by atoms with Crippen molar-refractivity contribution < 1.29 is 9.59 Å². The third kappa shape index (κ3) is 5.80. The summed E-state index contributed by atoms with van der Waals surface area (Å²) >= 11 is 0. The average Bonchev–Trinajstić information content (AvgIpc) is 2.54. The summed E-state index contributed by atoms with van der Waals surface area (Å²) in [6.07, 6.45) is 7.70. The van der Waals surface area contributed by atoms with Crippen LogP contribution in [0.2, 0.25) is 0 Å². The van der Waals surface area contributed by atoms with Crippen LogP contribution >= 0.6 is 0 Å². The van der Waals surface area contributed by atoms with Gasteiger partial charge in [0, 0.05) is 11.4 Å². The Labute approximate surface area is 143 Å². The normalized spacial score (nSPS) is 15.4. The predicted octanol–water partition coefficient (Wildman–Crippen LogP) is 3.97. The SMILES string of the molecule is CC(C)c1ccc(NC(=O)C(=O)NN=C2CCCCCCC2)cc1. The first kappa shape index (κ1) is 18.2. The van der Waals surface area contributed by atoms with E-state index in [2.05, 4.69) is 29.7 Å². The standard InChI is InChI=1S/C19H27N3O2/c1-14(2)15-10-12-16(13-11-15)20-18(23)19(24)22-21-17-8-6-4-3-5-7-9-17/h10-14H,3-9H2,1-2H3,(H,20,23)(H,22,24). The van der Waals surface area contributed by atoms with Crippen molar-refractivity contribution in [2.24, 2.45) is 5.10 Å². The van der Waals surface area contributed by atoms with Gasteiger partial charge in [-0.3, -0.25) is 9.59 Å². The lowest BCUT2D eigenvalue weighted by molar-refractivity contribution is -0.136. The van der Waals surface area contributed by atoms with E-state index >= 15 is 0 Å². The highest BCUT2D eigenvalue weighted by Crippen LogP contribution is 2.17. The number of nitrogens with one attached hydrogen (secondary N) is 2. The quantitative estimate of drug-likeness (QED) is 0.651. The number of hydrogen-bond acceptors (Lipinski definition) is 3. The van der Waals surface area contributed by atoms with Crippen molar-refractivity contribution >= 4 is 23.2 Å². The first-order chi connectivity index (χ1) is 11.6. The van der Waals surface area contributed by atoms with Crippen LogP contribution in [0.5, 0.6) is 0 Å². The maximum Gasteiger partial charge on any atom is 0.329 e. The van der Waals surface area contributed by atoms with Crippen LogP contribution in [0, 0.1) is 0 Å². The molecule has 1 aromatic carbocycles. The topological polar surface area (TPSA) is 70.6 Å². The average molecular weight is 329 g/mol. The molecule has 5 nitrogen and oxygen atoms in total. The molecule has 1 fully saturated rings. The highest BCUT2D eigenvalue weighted by atomic mass is 16.2. The fraction of sp³-hybridized carbons (Fsp3) is 0.526. The minimum Gasteiger partial charge on any atom is -0.318 e. The molecule has 1 aliphatic carbocycles. The molecule has 0 radical (unpaired) electrons. The number of nitrogens with zero attached hydrogens (tertiary/aromatic N) is 1. The Morgan fingerprint density at radius 3 is 2.08 bits per heavy atom. The number of anilines is 1. The van der Waals surface area contributed by atoms with E-state index in [1.807, 2.05) is 12.1 Å². The van der Waals surface area contributed by atoms with Gasteiger partial charge in [0.1, 0.15) is 0 Å². The molecular weight excluding hydrogens is 302 g/mol. The first-order valence-corrected chi connectivity index (χ1v) is 8.83. The maximum atomic E-state index is 11.9. The molecule has 0 aliphatic heterocycles. The largest absolute Gasteiger partial charge is 0.329 e. The predicted molar refractivity (Wildman–Crippen MR) is 97.1 cm³/mol. The number of hydrazone groups is 1. The molecule has 0 bridgehead atoms. The lowest BCUT2D eigenvalue weighted by atomic mass is 9.99. The van der Waals surface area contributed by atoms with E-state index in [9.17, 15) is 9.59 Å². The first-order valence-electron chi connectivity index (χ1n) is 8.83. The fourth-order valence-corrected chi connectivity index (χ4v) is 2.75. The van der Waals surface area contributed by atoms with Crippen LogP contribution in [0.1, 0.15) is 70.3 Å². The summed E-state index contributed by atoms with van der Waals surface area (Å²) in [4.78, 5) is 23.8. The third-order valence-electron chi connectivity index (χ3n) is 4.29. The molecule has 1 saturated carbocycles. The monoisotopic (exact) mass is 329 g/mol. The molecule has 0 heterocycles. The van der Waals surface area contributed by atoms with Crippen molar-refractivity contribution in [3.05, 3.63) is 29.8 Å². The van der Waals surface area contributed by atoms with Crippen molar-refractivity contribution in [2.45, 2.75) is 64.7 Å². The van der Waals surface area contributed by atoms with Crippen molar-refractivity contribution in [1.29, 1.82) is 0 Å². The van der Waals surface area contributed by atoms with E-state index in [1.54, 1.807) is 12.1 Å². The van der Waals surface area contributed by atoms with Gasteiger partial charge in [0.2, 0.25) is 0 Å². The molecule has 0 atom stereocenters. The molecule has 2 N–H and O–H groups in total. The van der Waals surface area contributed by atoms with Crippen LogP contribution in [-0.4, -0.2) is 17.5 Å². The Kier molecular flexibility index (Phi) is 6.97. The zero-order chi connectivity index (χ0) is 17.4. The molecule has 0 saturated heterocycles. The summed E-state index contributed by atoms with van der Waals surface area (Å²) in [5, 5.41) is 6.74. The van der Waals surface area contributed by atoms with E-state index in [1.165, 1.54) is 24.8 Å². The number of benzene rings is 1. The van der Waals surface area contributed by atoms with Crippen LogP contribution < -0.4 is 10.7 Å². The summed E-state index contributed by atoms with van der Waals surface area (Å²) in [5.41, 5.74) is 5.17. The Balaban J connectivity index is 1.86. The second-order valence-electron chi connectivity index (χ2n) is 6.62. The van der Waals surface area contributed by atoms with Gasteiger partial charge in [-0.2, -0.15) is 5.10 Å². The highest BCUT2D eigenvalue weighted by molar-refractivity contribution is 6.39. The van der Waals surface area contributed by atoms with Gasteiger partial charge in [-0.15, -0.1) is 0 Å².